The summed E-state index contributed by atoms with van der Waals surface area (Å²) in [5.74, 6) is 4.41. The molecule has 0 saturated carbocycles. The van der Waals surface area contributed by atoms with Gasteiger partial charge in [0, 0.05) is 10.9 Å². The van der Waals surface area contributed by atoms with Crippen LogP contribution in [-0.4, -0.2) is 31.0 Å². The lowest BCUT2D eigenvalue weighted by molar-refractivity contribution is -0.115. The Balaban J connectivity index is 1.42. The molecule has 7 nitrogen and oxygen atoms in total. The van der Waals surface area contributed by atoms with Crippen molar-refractivity contribution < 1.29 is 13.6 Å². The number of anilines is 1. The van der Waals surface area contributed by atoms with Crippen molar-refractivity contribution in [2.75, 3.05) is 11.2 Å². The smallest absolute Gasteiger partial charge is 0.239 e. The molecule has 0 saturated heterocycles. The Kier molecular flexibility index (Phi) is 5.79. The molecule has 30 heavy (non-hydrogen) atoms. The zero-order chi connectivity index (χ0) is 21.3. The number of hydrogen-bond acceptors (Lipinski definition) is 8. The molecule has 154 valence electrons. The number of halogens is 2. The zero-order valence-corrected chi connectivity index (χ0v) is 17.8. The van der Waals surface area contributed by atoms with Gasteiger partial charge in [-0.2, -0.15) is 0 Å². The number of rotatable bonds is 6. The van der Waals surface area contributed by atoms with E-state index in [1.807, 2.05) is 17.5 Å². The third-order valence-electron chi connectivity index (χ3n) is 4.01. The molecular formula is C18H14F2N6OS3. The van der Waals surface area contributed by atoms with E-state index < -0.39 is 16.9 Å². The number of aromatic nitrogens is 4. The number of nitrogen functional groups attached to an aromatic ring is 1. The third kappa shape index (κ3) is 4.20. The highest BCUT2D eigenvalue weighted by molar-refractivity contribution is 8.00. The number of amides is 1. The number of thiazole rings is 1. The predicted molar refractivity (Wildman–Crippen MR) is 115 cm³/mol. The number of hydrogen-bond donors (Lipinski definition) is 2. The molecule has 3 aromatic heterocycles. The first-order valence-corrected chi connectivity index (χ1v) is 11.2. The monoisotopic (exact) mass is 464 g/mol. The lowest BCUT2D eigenvalue weighted by Crippen LogP contribution is -2.23. The number of thioether (sulfide) groups is 1. The van der Waals surface area contributed by atoms with Crippen molar-refractivity contribution in [1.29, 1.82) is 0 Å². The summed E-state index contributed by atoms with van der Waals surface area (Å²) in [6, 6.07) is 7.30. The standard InChI is InChI=1S/C18H14F2N6OS3/c1-9(30-18-25-24-15(26(18)21)14-3-2-6-28-14)16(27)23-17-22-13(8-29-17)10-4-5-11(19)12(20)7-10/h2-9H,21H2,1H3,(H,22,23,27). The molecule has 1 atom stereocenters. The van der Waals surface area contributed by atoms with Gasteiger partial charge in [-0.15, -0.1) is 32.9 Å². The Labute approximate surface area is 182 Å². The van der Waals surface area contributed by atoms with Crippen LogP contribution in [0.4, 0.5) is 13.9 Å². The summed E-state index contributed by atoms with van der Waals surface area (Å²) in [4.78, 5) is 17.7. The minimum Gasteiger partial charge on any atom is -0.335 e. The van der Waals surface area contributed by atoms with Crippen molar-refractivity contribution in [3.63, 3.8) is 0 Å². The molecule has 12 heteroatoms. The van der Waals surface area contributed by atoms with Crippen LogP contribution in [0.3, 0.4) is 0 Å². The maximum absolute atomic E-state index is 13.4. The summed E-state index contributed by atoms with van der Waals surface area (Å²) in [6.45, 7) is 1.71. The lowest BCUT2D eigenvalue weighted by Gasteiger charge is -2.09. The van der Waals surface area contributed by atoms with Gasteiger partial charge in [-0.1, -0.05) is 17.8 Å². The Bertz CT molecular complexity index is 1190. The Morgan fingerprint density at radius 3 is 2.80 bits per heavy atom. The van der Waals surface area contributed by atoms with Gasteiger partial charge in [0.25, 0.3) is 0 Å². The summed E-state index contributed by atoms with van der Waals surface area (Å²) < 4.78 is 27.9. The first-order chi connectivity index (χ1) is 14.4. The van der Waals surface area contributed by atoms with E-state index in [0.29, 0.717) is 27.4 Å². The van der Waals surface area contributed by atoms with Gasteiger partial charge in [0.1, 0.15) is 0 Å². The van der Waals surface area contributed by atoms with Gasteiger partial charge in [-0.05, 0) is 36.6 Å². The van der Waals surface area contributed by atoms with Gasteiger partial charge in [-0.25, -0.2) is 18.4 Å². The van der Waals surface area contributed by atoms with Crippen molar-refractivity contribution >= 4 is 45.5 Å². The Hall–Kier alpha value is -2.83. The maximum Gasteiger partial charge on any atom is 0.239 e. The van der Waals surface area contributed by atoms with Crippen LogP contribution in [0.5, 0.6) is 0 Å². The van der Waals surface area contributed by atoms with Crippen LogP contribution < -0.4 is 11.2 Å². The van der Waals surface area contributed by atoms with E-state index in [0.717, 1.165) is 28.8 Å². The van der Waals surface area contributed by atoms with E-state index in [4.69, 9.17) is 5.84 Å². The fourth-order valence-electron chi connectivity index (χ4n) is 2.47. The molecule has 1 amide bonds. The van der Waals surface area contributed by atoms with E-state index in [9.17, 15) is 13.6 Å². The second kappa shape index (κ2) is 8.50. The van der Waals surface area contributed by atoms with Crippen LogP contribution in [-0.2, 0) is 4.79 Å². The Morgan fingerprint density at radius 2 is 2.07 bits per heavy atom. The van der Waals surface area contributed by atoms with Crippen LogP contribution in [0.25, 0.3) is 22.0 Å². The van der Waals surface area contributed by atoms with E-state index in [-0.39, 0.29) is 5.91 Å². The second-order valence-electron chi connectivity index (χ2n) is 6.07. The summed E-state index contributed by atoms with van der Waals surface area (Å²) in [7, 11) is 0. The number of thiophene rings is 1. The van der Waals surface area contributed by atoms with Gasteiger partial charge in [0.05, 0.1) is 15.8 Å². The molecule has 0 bridgehead atoms. The quantitative estimate of drug-likeness (QED) is 0.327. The number of nitrogens with zero attached hydrogens (tertiary/aromatic N) is 4. The first kappa shape index (κ1) is 20.4. The summed E-state index contributed by atoms with van der Waals surface area (Å²) in [6.07, 6.45) is 0. The molecular weight excluding hydrogens is 450 g/mol. The minimum absolute atomic E-state index is 0.299. The summed E-state index contributed by atoms with van der Waals surface area (Å²) in [5.41, 5.74) is 0.863. The van der Waals surface area contributed by atoms with Crippen LogP contribution in [0, 0.1) is 11.6 Å². The maximum atomic E-state index is 13.4. The number of carbonyl (C=O) groups excluding carboxylic acids is 1. The third-order valence-corrected chi connectivity index (χ3v) is 6.69. The average Bonchev–Trinajstić information content (AvgIpc) is 3.46. The number of benzene rings is 1. The fraction of sp³-hybridized carbons (Fsp3) is 0.111. The topological polar surface area (TPSA) is 98.7 Å². The van der Waals surface area contributed by atoms with E-state index in [2.05, 4.69) is 20.5 Å². The predicted octanol–water partition coefficient (Wildman–Crippen LogP) is 4.24. The van der Waals surface area contributed by atoms with Crippen LogP contribution in [0.1, 0.15) is 6.92 Å². The number of nitrogens with two attached hydrogens (primary N) is 1. The molecule has 3 heterocycles. The van der Waals surface area contributed by atoms with E-state index >= 15 is 0 Å². The van der Waals surface area contributed by atoms with Gasteiger partial charge in [-0.3, -0.25) is 4.79 Å². The second-order valence-corrected chi connectivity index (χ2v) is 9.18. The largest absolute Gasteiger partial charge is 0.335 e. The molecule has 1 unspecified atom stereocenters. The average molecular weight is 465 g/mol. The fourth-order valence-corrected chi connectivity index (χ4v) is 4.67. The first-order valence-electron chi connectivity index (χ1n) is 8.55. The van der Waals surface area contributed by atoms with Crippen molar-refractivity contribution in [3.05, 3.63) is 52.7 Å². The number of carbonyl (C=O) groups is 1. The number of nitrogens with one attached hydrogen (secondary N) is 1. The molecule has 0 radical (unpaired) electrons. The molecule has 0 aliphatic rings. The van der Waals surface area contributed by atoms with Gasteiger partial charge in [0.2, 0.25) is 11.1 Å². The van der Waals surface area contributed by atoms with Crippen LogP contribution >= 0.6 is 34.4 Å². The van der Waals surface area contributed by atoms with Crippen LogP contribution in [0.2, 0.25) is 0 Å². The molecule has 1 aromatic carbocycles. The van der Waals surface area contributed by atoms with Crippen molar-refractivity contribution in [3.8, 4) is 22.0 Å². The molecule has 0 aliphatic carbocycles. The highest BCUT2D eigenvalue weighted by atomic mass is 32.2. The van der Waals surface area contributed by atoms with Crippen molar-refractivity contribution in [1.82, 2.24) is 19.9 Å². The highest BCUT2D eigenvalue weighted by Gasteiger charge is 2.21. The lowest BCUT2D eigenvalue weighted by atomic mass is 10.2. The summed E-state index contributed by atoms with van der Waals surface area (Å²) >= 11 is 3.84. The Morgan fingerprint density at radius 1 is 1.23 bits per heavy atom. The SMILES string of the molecule is CC(Sc1nnc(-c2cccs2)n1N)C(=O)Nc1nc(-c2ccc(F)c(F)c2)cs1. The van der Waals surface area contributed by atoms with Crippen molar-refractivity contribution in [2.24, 2.45) is 0 Å². The molecule has 0 aliphatic heterocycles. The zero-order valence-electron chi connectivity index (χ0n) is 15.4. The van der Waals surface area contributed by atoms with Crippen molar-refractivity contribution in [2.45, 2.75) is 17.3 Å². The normalized spacial score (nSPS) is 12.1. The summed E-state index contributed by atoms with van der Waals surface area (Å²) in [5, 5.41) is 14.7. The minimum atomic E-state index is -0.955. The van der Waals surface area contributed by atoms with E-state index in [1.54, 1.807) is 12.3 Å². The van der Waals surface area contributed by atoms with Gasteiger partial charge in [0.15, 0.2) is 22.6 Å². The van der Waals surface area contributed by atoms with Gasteiger partial charge < -0.3 is 11.2 Å². The van der Waals surface area contributed by atoms with Gasteiger partial charge >= 0.3 is 0 Å². The van der Waals surface area contributed by atoms with Crippen LogP contribution in [0.15, 0.2) is 46.2 Å². The molecule has 3 N–H and O–H groups in total. The molecule has 0 fully saturated rings. The molecule has 0 spiro atoms. The molecule has 4 rings (SSSR count). The molecule has 4 aromatic rings. The van der Waals surface area contributed by atoms with E-state index in [1.165, 1.54) is 33.4 Å². The highest BCUT2D eigenvalue weighted by Crippen LogP contribution is 2.29.